The zero-order valence-corrected chi connectivity index (χ0v) is 12.2. The van der Waals surface area contributed by atoms with Gasteiger partial charge in [-0.2, -0.15) is 0 Å². The maximum Gasteiger partial charge on any atom is 0.119 e. The highest BCUT2D eigenvalue weighted by Crippen LogP contribution is 2.48. The van der Waals surface area contributed by atoms with E-state index in [1.54, 1.807) is 0 Å². The van der Waals surface area contributed by atoms with E-state index in [0.29, 0.717) is 0 Å². The third kappa shape index (κ3) is 2.85. The number of rotatable bonds is 6. The predicted octanol–water partition coefficient (Wildman–Crippen LogP) is 3.75. The second kappa shape index (κ2) is 5.40. The molecule has 1 aromatic rings. The molecule has 108 valence electrons. The topological polar surface area (TPSA) is 21.3 Å². The Kier molecular flexibility index (Phi) is 3.43. The fourth-order valence-corrected chi connectivity index (χ4v) is 4.04. The molecule has 2 nitrogen and oxygen atoms in total. The smallest absolute Gasteiger partial charge is 0.119 e. The Bertz CT molecular complexity index is 451. The van der Waals surface area contributed by atoms with Crippen molar-refractivity contribution in [2.24, 2.45) is 17.8 Å². The zero-order valence-electron chi connectivity index (χ0n) is 12.2. The first kappa shape index (κ1) is 12.7. The van der Waals surface area contributed by atoms with Gasteiger partial charge in [0.25, 0.3) is 0 Å². The van der Waals surface area contributed by atoms with Gasteiger partial charge in [-0.25, -0.2) is 0 Å². The molecule has 3 saturated carbocycles. The van der Waals surface area contributed by atoms with E-state index in [1.807, 2.05) is 0 Å². The molecule has 0 aliphatic heterocycles. The van der Waals surface area contributed by atoms with E-state index in [9.17, 15) is 0 Å². The number of nitrogens with one attached hydrogen (secondary N) is 1. The third-order valence-corrected chi connectivity index (χ3v) is 5.44. The Labute approximate surface area is 121 Å². The van der Waals surface area contributed by atoms with Gasteiger partial charge in [-0.05, 0) is 67.6 Å². The Morgan fingerprint density at radius 2 is 1.85 bits per heavy atom. The first-order valence-electron chi connectivity index (χ1n) is 8.32. The van der Waals surface area contributed by atoms with E-state index < -0.39 is 0 Å². The molecule has 0 spiro atoms. The Morgan fingerprint density at radius 1 is 1.00 bits per heavy atom. The number of ether oxygens (including phenoxy) is 1. The largest absolute Gasteiger partial charge is 0.493 e. The molecular weight excluding hydrogens is 246 g/mol. The van der Waals surface area contributed by atoms with Crippen LogP contribution in [0.15, 0.2) is 24.3 Å². The van der Waals surface area contributed by atoms with Crippen molar-refractivity contribution < 1.29 is 4.74 Å². The highest BCUT2D eigenvalue weighted by molar-refractivity contribution is 5.27. The standard InChI is InChI=1S/C18H25NO/c1-4-15-9-14(1)10-16(15)12-20-18-7-2-13(3-8-18)11-19-17-5-6-17/h2-3,7-8,14-17,19H,1,4-6,9-12H2. The summed E-state index contributed by atoms with van der Waals surface area (Å²) >= 11 is 0. The summed E-state index contributed by atoms with van der Waals surface area (Å²) in [5.41, 5.74) is 1.36. The Morgan fingerprint density at radius 3 is 2.50 bits per heavy atom. The average Bonchev–Trinajstić information content (AvgIpc) is 3.08. The van der Waals surface area contributed by atoms with Crippen LogP contribution in [0.4, 0.5) is 0 Å². The molecule has 3 fully saturated rings. The van der Waals surface area contributed by atoms with Crippen LogP contribution in [-0.4, -0.2) is 12.6 Å². The van der Waals surface area contributed by atoms with E-state index >= 15 is 0 Å². The van der Waals surface area contributed by atoms with Gasteiger partial charge < -0.3 is 10.1 Å². The Hall–Kier alpha value is -1.02. The molecule has 2 bridgehead atoms. The van der Waals surface area contributed by atoms with Crippen LogP contribution < -0.4 is 10.1 Å². The molecule has 3 aliphatic carbocycles. The lowest BCUT2D eigenvalue weighted by Crippen LogP contribution is -2.18. The number of hydrogen-bond donors (Lipinski definition) is 1. The minimum atomic E-state index is 0.781. The zero-order chi connectivity index (χ0) is 13.4. The van der Waals surface area contributed by atoms with Crippen molar-refractivity contribution in [1.82, 2.24) is 5.32 Å². The summed E-state index contributed by atoms with van der Waals surface area (Å²) in [5, 5.41) is 3.55. The van der Waals surface area contributed by atoms with Crippen molar-refractivity contribution in [2.45, 2.75) is 51.1 Å². The van der Waals surface area contributed by atoms with Gasteiger partial charge in [0.05, 0.1) is 6.61 Å². The molecule has 0 saturated heterocycles. The van der Waals surface area contributed by atoms with Crippen LogP contribution in [0.5, 0.6) is 5.75 Å². The number of hydrogen-bond acceptors (Lipinski definition) is 2. The Balaban J connectivity index is 1.26. The maximum absolute atomic E-state index is 6.02. The van der Waals surface area contributed by atoms with Crippen LogP contribution in [0.25, 0.3) is 0 Å². The molecule has 1 N–H and O–H groups in total. The van der Waals surface area contributed by atoms with Crippen molar-refractivity contribution >= 4 is 0 Å². The third-order valence-electron chi connectivity index (χ3n) is 5.44. The average molecular weight is 271 g/mol. The van der Waals surface area contributed by atoms with Gasteiger partial charge in [-0.3, -0.25) is 0 Å². The van der Waals surface area contributed by atoms with Crippen molar-refractivity contribution in [1.29, 1.82) is 0 Å². The van der Waals surface area contributed by atoms with Gasteiger partial charge >= 0.3 is 0 Å². The summed E-state index contributed by atoms with van der Waals surface area (Å²) in [6.45, 7) is 1.93. The minimum absolute atomic E-state index is 0.781. The number of fused-ring (bicyclic) bond motifs is 2. The van der Waals surface area contributed by atoms with Crippen LogP contribution in [0.3, 0.4) is 0 Å². The molecular formula is C18H25NO. The fraction of sp³-hybridized carbons (Fsp3) is 0.667. The van der Waals surface area contributed by atoms with E-state index in [2.05, 4.69) is 29.6 Å². The molecule has 0 heterocycles. The number of benzene rings is 1. The summed E-state index contributed by atoms with van der Waals surface area (Å²) in [4.78, 5) is 0. The summed E-state index contributed by atoms with van der Waals surface area (Å²) in [6, 6.07) is 9.45. The van der Waals surface area contributed by atoms with Crippen molar-refractivity contribution in [2.75, 3.05) is 6.61 Å². The summed E-state index contributed by atoms with van der Waals surface area (Å²) in [6.07, 6.45) is 8.51. The molecule has 2 heteroatoms. The summed E-state index contributed by atoms with van der Waals surface area (Å²) in [5.74, 6) is 3.85. The predicted molar refractivity (Wildman–Crippen MR) is 80.7 cm³/mol. The highest BCUT2D eigenvalue weighted by atomic mass is 16.5. The summed E-state index contributed by atoms with van der Waals surface area (Å²) in [7, 11) is 0. The van der Waals surface area contributed by atoms with Crippen LogP contribution in [-0.2, 0) is 6.54 Å². The van der Waals surface area contributed by atoms with Gasteiger partial charge in [0.2, 0.25) is 0 Å². The second-order valence-corrected chi connectivity index (χ2v) is 7.05. The van der Waals surface area contributed by atoms with Crippen LogP contribution in [0, 0.1) is 17.8 Å². The first-order valence-corrected chi connectivity index (χ1v) is 8.32. The lowest BCUT2D eigenvalue weighted by Gasteiger charge is -2.21. The molecule has 3 atom stereocenters. The van der Waals surface area contributed by atoms with Crippen LogP contribution in [0.1, 0.15) is 44.1 Å². The molecule has 0 amide bonds. The first-order chi connectivity index (χ1) is 9.87. The van der Waals surface area contributed by atoms with Crippen molar-refractivity contribution in [3.63, 3.8) is 0 Å². The minimum Gasteiger partial charge on any atom is -0.493 e. The second-order valence-electron chi connectivity index (χ2n) is 7.05. The fourth-order valence-electron chi connectivity index (χ4n) is 4.04. The molecule has 3 aliphatic rings. The quantitative estimate of drug-likeness (QED) is 0.850. The highest BCUT2D eigenvalue weighted by Gasteiger charge is 2.39. The van der Waals surface area contributed by atoms with Gasteiger partial charge in [0.1, 0.15) is 5.75 Å². The van der Waals surface area contributed by atoms with Crippen molar-refractivity contribution in [3.05, 3.63) is 29.8 Å². The van der Waals surface area contributed by atoms with Gasteiger partial charge in [-0.15, -0.1) is 0 Å². The molecule has 0 radical (unpaired) electrons. The van der Waals surface area contributed by atoms with Crippen molar-refractivity contribution in [3.8, 4) is 5.75 Å². The lowest BCUT2D eigenvalue weighted by molar-refractivity contribution is 0.195. The van der Waals surface area contributed by atoms with E-state index in [0.717, 1.165) is 42.7 Å². The van der Waals surface area contributed by atoms with Gasteiger partial charge in [0.15, 0.2) is 0 Å². The summed E-state index contributed by atoms with van der Waals surface area (Å²) < 4.78 is 6.02. The normalized spacial score (nSPS) is 31.7. The van der Waals surface area contributed by atoms with Gasteiger partial charge in [-0.1, -0.05) is 18.6 Å². The van der Waals surface area contributed by atoms with Gasteiger partial charge in [0, 0.05) is 12.6 Å². The molecule has 20 heavy (non-hydrogen) atoms. The van der Waals surface area contributed by atoms with E-state index in [-0.39, 0.29) is 0 Å². The lowest BCUT2D eigenvalue weighted by atomic mass is 9.89. The van der Waals surface area contributed by atoms with Crippen LogP contribution >= 0.6 is 0 Å². The monoisotopic (exact) mass is 271 g/mol. The SMILES string of the molecule is c1cc(OCC2CC3CCC2C3)ccc1CNC1CC1. The van der Waals surface area contributed by atoms with Crippen LogP contribution in [0.2, 0.25) is 0 Å². The van der Waals surface area contributed by atoms with E-state index in [4.69, 9.17) is 4.74 Å². The molecule has 0 aromatic heterocycles. The van der Waals surface area contributed by atoms with E-state index in [1.165, 1.54) is 44.1 Å². The maximum atomic E-state index is 6.02. The molecule has 4 rings (SSSR count). The molecule has 3 unspecified atom stereocenters. The molecule has 1 aromatic carbocycles.